The van der Waals surface area contributed by atoms with Crippen LogP contribution in [0, 0.1) is 27.7 Å². The van der Waals surface area contributed by atoms with Crippen LogP contribution < -0.4 is 47.4 Å². The average Bonchev–Trinajstić information content (AvgIpc) is 0.828. The van der Waals surface area contributed by atoms with Crippen LogP contribution in [0.1, 0.15) is 94.8 Å². The molecule has 10 aromatic rings. The van der Waals surface area contributed by atoms with Gasteiger partial charge in [-0.3, -0.25) is 0 Å². The number of hydrogen-bond donors (Lipinski definition) is 10. The molecule has 0 heterocycles. The van der Waals surface area contributed by atoms with E-state index in [1.165, 1.54) is 70.9 Å². The molecular formula is C75H66O27P-. The van der Waals surface area contributed by atoms with E-state index in [0.717, 1.165) is 113 Å². The van der Waals surface area contributed by atoms with E-state index < -0.39 is 76.3 Å². The van der Waals surface area contributed by atoms with Crippen LogP contribution in [0.5, 0.6) is 109 Å². The minimum absolute atomic E-state index is 0. The number of hydrogen-bond acceptors (Lipinski definition) is 26. The number of carbonyl (C=O) groups excluding carboxylic acids is 6. The Morgan fingerprint density at radius 1 is 0.214 bits per heavy atom. The highest BCUT2D eigenvalue weighted by atomic mass is 31.0. The van der Waals surface area contributed by atoms with Gasteiger partial charge in [0.25, 0.3) is 0 Å². The first-order valence-corrected chi connectivity index (χ1v) is 29.6. The number of ether oxygens (including phenoxy) is 10. The normalized spacial score (nSPS) is 10.1. The van der Waals surface area contributed by atoms with Crippen LogP contribution in [0.15, 0.2) is 182 Å². The Balaban J connectivity index is 0.000000253. The van der Waals surface area contributed by atoms with Crippen molar-refractivity contribution in [2.45, 2.75) is 27.7 Å². The molecule has 0 bridgehead atoms. The second-order valence-corrected chi connectivity index (χ2v) is 21.8. The van der Waals surface area contributed by atoms with E-state index in [4.69, 9.17) is 67.8 Å². The van der Waals surface area contributed by atoms with Gasteiger partial charge in [0.1, 0.15) is 109 Å². The zero-order chi connectivity index (χ0) is 74.6. The highest BCUT2D eigenvalue weighted by Crippen LogP contribution is 2.35. The van der Waals surface area contributed by atoms with Gasteiger partial charge in [-0.05, 0) is 136 Å². The lowest BCUT2D eigenvalue weighted by Gasteiger charge is -2.13. The van der Waals surface area contributed by atoms with Gasteiger partial charge in [-0.15, -0.1) is 0 Å². The number of benzene rings is 10. The number of aryl methyl sites for hydroxylation is 4. The van der Waals surface area contributed by atoms with Crippen molar-refractivity contribution in [1.82, 2.24) is 0 Å². The maximum Gasteiger partial charge on any atom is 0.343 e. The lowest BCUT2D eigenvalue weighted by molar-refractivity contribution is 0.0688. The number of aromatic hydroxyl groups is 9. The van der Waals surface area contributed by atoms with Crippen molar-refractivity contribution in [1.29, 1.82) is 0 Å². The molecule has 0 atom stereocenters. The third-order valence-electron chi connectivity index (χ3n) is 13.4. The molecule has 534 valence electrons. The minimum atomic E-state index is -1.04. The second kappa shape index (κ2) is 35.7. The van der Waals surface area contributed by atoms with Gasteiger partial charge in [-0.2, -0.15) is 0 Å². The van der Waals surface area contributed by atoms with E-state index in [9.17, 15) is 64.2 Å². The fourth-order valence-electron chi connectivity index (χ4n) is 9.15. The lowest BCUT2D eigenvalue weighted by Crippen LogP contribution is -2.13. The number of phenolic OH excluding ortho intramolecular Hbond substituents is 9. The van der Waals surface area contributed by atoms with Gasteiger partial charge in [0, 0.05) is 78.9 Å². The number of esters is 6. The molecule has 0 aliphatic carbocycles. The van der Waals surface area contributed by atoms with E-state index in [-0.39, 0.29) is 95.0 Å². The Hall–Kier alpha value is -13.7. The van der Waals surface area contributed by atoms with Gasteiger partial charge in [0.2, 0.25) is 0 Å². The minimum Gasteiger partial charge on any atom is -0.577 e. The fourth-order valence-corrected chi connectivity index (χ4v) is 9.15. The number of methoxy groups -OCH3 is 4. The van der Waals surface area contributed by atoms with Gasteiger partial charge in [-0.1, -0.05) is 17.2 Å². The summed E-state index contributed by atoms with van der Waals surface area (Å²) in [5.41, 5.74) is 3.79. The summed E-state index contributed by atoms with van der Waals surface area (Å²) >= 11 is 0. The molecule has 103 heavy (non-hydrogen) atoms. The largest absolute Gasteiger partial charge is 0.577 e. The number of carboxylic acid groups (broad SMARTS) is 1. The maximum absolute atomic E-state index is 13.1. The van der Waals surface area contributed by atoms with E-state index >= 15 is 0 Å². The molecule has 0 aromatic heterocycles. The summed E-state index contributed by atoms with van der Waals surface area (Å²) < 4.78 is 53.5. The van der Waals surface area contributed by atoms with Crippen molar-refractivity contribution in [3.8, 4) is 109 Å². The van der Waals surface area contributed by atoms with Gasteiger partial charge in [0.15, 0.2) is 0 Å². The zero-order valence-corrected chi connectivity index (χ0v) is 57.0. The monoisotopic (exact) mass is 1430 g/mol. The Labute approximate surface area is 589 Å². The molecule has 28 heteroatoms. The second-order valence-electron chi connectivity index (χ2n) is 21.8. The number of carboxylic acids is 1. The first-order chi connectivity index (χ1) is 48.3. The molecule has 0 amide bonds. The van der Waals surface area contributed by atoms with Gasteiger partial charge in [-0.25, -0.2) is 33.6 Å². The van der Waals surface area contributed by atoms with E-state index in [2.05, 4.69) is 0 Å². The van der Waals surface area contributed by atoms with Gasteiger partial charge < -0.3 is 108 Å². The maximum atomic E-state index is 13.1. The molecule has 0 saturated carbocycles. The summed E-state index contributed by atoms with van der Waals surface area (Å²) in [4.78, 5) is 87.5. The number of rotatable bonds is 17. The van der Waals surface area contributed by atoms with Crippen LogP contribution in [0.3, 0.4) is 0 Å². The third kappa shape index (κ3) is 23.8. The van der Waals surface area contributed by atoms with Crippen molar-refractivity contribution >= 4 is 51.7 Å². The first-order valence-electron chi connectivity index (χ1n) is 29.6. The Morgan fingerprint density at radius 2 is 0.379 bits per heavy atom. The molecule has 10 rings (SSSR count). The van der Waals surface area contributed by atoms with Crippen LogP contribution in [0.4, 0.5) is 0 Å². The molecule has 0 radical (unpaired) electrons. The van der Waals surface area contributed by atoms with Crippen LogP contribution in [0.25, 0.3) is 0 Å². The summed E-state index contributed by atoms with van der Waals surface area (Å²) in [6, 6.07) is 39.5. The van der Waals surface area contributed by atoms with Crippen LogP contribution in [-0.4, -0.2) is 121 Å². The zero-order valence-electron chi connectivity index (χ0n) is 55.8. The molecular weight excluding hydrogens is 1360 g/mol. The molecule has 10 aromatic carbocycles. The summed E-state index contributed by atoms with van der Waals surface area (Å²) in [5.74, 6) is -8.39. The Bertz CT molecular complexity index is 4370. The number of phenols is 9. The quantitative estimate of drug-likeness (QED) is 0.0230. The van der Waals surface area contributed by atoms with Crippen molar-refractivity contribution in [3.05, 3.63) is 243 Å². The van der Waals surface area contributed by atoms with Crippen LogP contribution >= 0.6 is 9.90 Å². The van der Waals surface area contributed by atoms with E-state index in [1.54, 1.807) is 42.5 Å². The molecule has 10 N–H and O–H groups in total. The first kappa shape index (κ1) is 78.3. The number of aromatic carboxylic acids is 1. The van der Waals surface area contributed by atoms with Crippen LogP contribution in [-0.2, 0) is 0 Å². The lowest BCUT2D eigenvalue weighted by atomic mass is 10.1. The predicted octanol–water partition coefficient (Wildman–Crippen LogP) is 12.7. The van der Waals surface area contributed by atoms with Crippen LogP contribution in [0.2, 0.25) is 0 Å². The van der Waals surface area contributed by atoms with E-state index in [1.807, 2.05) is 33.8 Å². The van der Waals surface area contributed by atoms with Crippen molar-refractivity contribution < 1.29 is 132 Å². The van der Waals surface area contributed by atoms with E-state index in [0.29, 0.717) is 28.6 Å². The summed E-state index contributed by atoms with van der Waals surface area (Å²) in [5, 5.41) is 92.5. The molecule has 0 fully saturated rings. The standard InChI is InChI=1S/C33H30O10.C27H18O12.C9H10O2.C6H6O3.H2P/c1-19-7-21(11-24(9-19)37-3)31(34)41-28-16-29(42-32(35)22-8-20(2)10-25(12-22)38-4)18-30(17-28)43-33(36)23-13-26(39-5)15-27(14-23)40-6;28-16-1-13(2-17(29)7-16)25(34)37-22-10-23(38-26(35)14-3-18(30)8-19(31)4-14)12-24(11-22)39-27(36)15-5-20(32)9-21(33)6-15;1-6-3-7(2)5-8(4-6)9(10)11;7-4-1-5(8)3-6(9)2-4;/h7-18H,1-6H3;1-12,28-33H;3-5H,1-2H3,(H,10,11);1-3,7-9H;1H2/q;;;;-1. The molecule has 0 saturated heterocycles. The van der Waals surface area contributed by atoms with Gasteiger partial charge in [0.05, 0.1) is 67.4 Å². The smallest absolute Gasteiger partial charge is 0.343 e. The highest BCUT2D eigenvalue weighted by Gasteiger charge is 2.22. The van der Waals surface area contributed by atoms with Crippen molar-refractivity contribution in [3.63, 3.8) is 0 Å². The Kier molecular flexibility index (Phi) is 27.2. The van der Waals surface area contributed by atoms with Crippen molar-refractivity contribution in [2.75, 3.05) is 28.4 Å². The van der Waals surface area contributed by atoms with Gasteiger partial charge >= 0.3 is 41.8 Å². The predicted molar refractivity (Wildman–Crippen MR) is 371 cm³/mol. The molecule has 0 unspecified atom stereocenters. The Morgan fingerprint density at radius 3 is 0.592 bits per heavy atom. The highest BCUT2D eigenvalue weighted by molar-refractivity contribution is 6.92. The molecule has 0 aliphatic rings. The SMILES string of the molecule is COc1cc(C)cc(C(=O)Oc2cc(OC(=O)c3cc(C)cc(OC)c3)cc(OC(=O)c3cc(OC)cc(OC)c3)c2)c1.Cc1cc(C)cc(C(=O)O)c1.O=C(Oc1cc(OC(=O)c2cc(O)cc(O)c2)cc(OC(=O)c2cc(O)cc(O)c2)c1)c1cc(O)cc(O)c1.Oc1cc(O)cc(O)c1.[PH2-]. The third-order valence-corrected chi connectivity index (χ3v) is 13.4. The summed E-state index contributed by atoms with van der Waals surface area (Å²) in [6.45, 7) is 7.40. The molecule has 0 aliphatic heterocycles. The molecule has 0 spiro atoms. The average molecular weight is 1430 g/mol. The fraction of sp³-hybridized carbons (Fsp3) is 0.107. The van der Waals surface area contributed by atoms with Crippen molar-refractivity contribution in [2.24, 2.45) is 0 Å². The summed E-state index contributed by atoms with van der Waals surface area (Å²) in [6.07, 6.45) is 0. The topological polar surface area (TPSA) is 414 Å². The summed E-state index contributed by atoms with van der Waals surface area (Å²) in [7, 11) is 5.89. The number of carbonyl (C=O) groups is 7. The molecule has 27 nitrogen and oxygen atoms in total.